The smallest absolute Gasteiger partial charge is 0.119 e. The summed E-state index contributed by atoms with van der Waals surface area (Å²) in [6.45, 7) is 3.05. The Morgan fingerprint density at radius 3 is 2.87 bits per heavy atom. The highest BCUT2D eigenvalue weighted by Gasteiger charge is 2.25. The van der Waals surface area contributed by atoms with Crippen LogP contribution in [0.15, 0.2) is 36.4 Å². The van der Waals surface area contributed by atoms with E-state index < -0.39 is 0 Å². The first-order valence-corrected chi connectivity index (χ1v) is 8.22. The number of aromatic amines is 1. The SMILES string of the molecule is COc1cc(C)cc(C2NCCc3c2[nH]c2ccc(Cl)cc32)c1. The summed E-state index contributed by atoms with van der Waals surface area (Å²) < 4.78 is 5.43. The minimum atomic E-state index is 0.152. The maximum absolute atomic E-state index is 6.19. The molecule has 0 spiro atoms. The zero-order chi connectivity index (χ0) is 16.0. The van der Waals surface area contributed by atoms with Gasteiger partial charge in [0.25, 0.3) is 0 Å². The molecule has 23 heavy (non-hydrogen) atoms. The zero-order valence-electron chi connectivity index (χ0n) is 13.2. The molecule has 2 aromatic carbocycles. The molecule has 3 nitrogen and oxygen atoms in total. The number of rotatable bonds is 2. The molecule has 4 heteroatoms. The normalized spacial score (nSPS) is 17.3. The van der Waals surface area contributed by atoms with Crippen molar-refractivity contribution >= 4 is 22.5 Å². The van der Waals surface area contributed by atoms with Gasteiger partial charge >= 0.3 is 0 Å². The number of hydrogen-bond donors (Lipinski definition) is 2. The van der Waals surface area contributed by atoms with Crippen LogP contribution in [0.5, 0.6) is 5.75 Å². The third kappa shape index (κ3) is 2.50. The van der Waals surface area contributed by atoms with Crippen LogP contribution in [-0.4, -0.2) is 18.6 Å². The van der Waals surface area contributed by atoms with Gasteiger partial charge in [-0.05, 0) is 60.4 Å². The first kappa shape index (κ1) is 14.6. The highest BCUT2D eigenvalue weighted by molar-refractivity contribution is 6.31. The fourth-order valence-electron chi connectivity index (χ4n) is 3.55. The summed E-state index contributed by atoms with van der Waals surface area (Å²) in [5, 5.41) is 5.64. The molecule has 0 saturated heterocycles. The van der Waals surface area contributed by atoms with Gasteiger partial charge < -0.3 is 15.0 Å². The molecule has 1 aliphatic rings. The second kappa shape index (κ2) is 5.59. The Kier molecular flexibility index (Phi) is 3.55. The second-order valence-corrected chi connectivity index (χ2v) is 6.56. The lowest BCUT2D eigenvalue weighted by Crippen LogP contribution is -2.30. The van der Waals surface area contributed by atoms with E-state index in [0.29, 0.717) is 0 Å². The van der Waals surface area contributed by atoms with Crippen LogP contribution in [0.25, 0.3) is 10.9 Å². The Balaban J connectivity index is 1.87. The predicted octanol–water partition coefficient (Wildman–Crippen LogP) is 4.37. The molecule has 3 aromatic rings. The molecule has 0 saturated carbocycles. The molecule has 4 rings (SSSR count). The van der Waals surface area contributed by atoms with Crippen LogP contribution in [0.2, 0.25) is 5.02 Å². The Bertz CT molecular complexity index is 884. The number of methoxy groups -OCH3 is 1. The van der Waals surface area contributed by atoms with Crippen molar-refractivity contribution in [1.82, 2.24) is 10.3 Å². The molecule has 1 aromatic heterocycles. The van der Waals surface area contributed by atoms with Crippen LogP contribution < -0.4 is 10.1 Å². The van der Waals surface area contributed by atoms with E-state index in [9.17, 15) is 0 Å². The van der Waals surface area contributed by atoms with Crippen molar-refractivity contribution in [2.75, 3.05) is 13.7 Å². The van der Waals surface area contributed by atoms with Gasteiger partial charge in [-0.15, -0.1) is 0 Å². The van der Waals surface area contributed by atoms with Gasteiger partial charge in [0.15, 0.2) is 0 Å². The lowest BCUT2D eigenvalue weighted by molar-refractivity contribution is 0.413. The molecular formula is C19H19ClN2O. The van der Waals surface area contributed by atoms with Crippen LogP contribution >= 0.6 is 11.6 Å². The number of ether oxygens (including phenoxy) is 1. The van der Waals surface area contributed by atoms with Crippen molar-refractivity contribution in [3.05, 3.63) is 63.8 Å². The number of benzene rings is 2. The minimum Gasteiger partial charge on any atom is -0.497 e. The van der Waals surface area contributed by atoms with Gasteiger partial charge in [0.05, 0.1) is 13.2 Å². The average Bonchev–Trinajstić information content (AvgIpc) is 2.92. The van der Waals surface area contributed by atoms with Gasteiger partial charge in [-0.25, -0.2) is 0 Å². The number of fused-ring (bicyclic) bond motifs is 3. The molecule has 0 fully saturated rings. The van der Waals surface area contributed by atoms with E-state index in [1.165, 1.54) is 27.8 Å². The zero-order valence-corrected chi connectivity index (χ0v) is 14.0. The first-order chi connectivity index (χ1) is 11.2. The molecular weight excluding hydrogens is 308 g/mol. The summed E-state index contributed by atoms with van der Waals surface area (Å²) in [4.78, 5) is 3.59. The molecule has 1 unspecified atom stereocenters. The highest BCUT2D eigenvalue weighted by Crippen LogP contribution is 2.35. The van der Waals surface area contributed by atoms with E-state index >= 15 is 0 Å². The van der Waals surface area contributed by atoms with Crippen molar-refractivity contribution in [3.8, 4) is 5.75 Å². The standard InChI is InChI=1S/C19H19ClN2O/c1-11-7-12(9-14(8-11)23-2)18-19-15(5-6-21-18)16-10-13(20)3-4-17(16)22-19/h3-4,7-10,18,21-22H,5-6H2,1-2H3. The fourth-order valence-corrected chi connectivity index (χ4v) is 3.72. The molecule has 2 heterocycles. The first-order valence-electron chi connectivity index (χ1n) is 7.84. The van der Waals surface area contributed by atoms with Gasteiger partial charge in [-0.1, -0.05) is 17.7 Å². The minimum absolute atomic E-state index is 0.152. The summed E-state index contributed by atoms with van der Waals surface area (Å²) in [6.07, 6.45) is 1.01. The highest BCUT2D eigenvalue weighted by atomic mass is 35.5. The number of nitrogens with one attached hydrogen (secondary N) is 2. The van der Waals surface area contributed by atoms with E-state index in [1.54, 1.807) is 7.11 Å². The molecule has 0 amide bonds. The maximum atomic E-state index is 6.19. The van der Waals surface area contributed by atoms with E-state index in [1.807, 2.05) is 6.07 Å². The lowest BCUT2D eigenvalue weighted by atomic mass is 9.93. The molecule has 0 bridgehead atoms. The van der Waals surface area contributed by atoms with Crippen molar-refractivity contribution in [3.63, 3.8) is 0 Å². The number of aromatic nitrogens is 1. The monoisotopic (exact) mass is 326 g/mol. The number of halogens is 1. The third-order valence-corrected chi connectivity index (χ3v) is 4.79. The van der Waals surface area contributed by atoms with Crippen LogP contribution in [0.1, 0.15) is 28.4 Å². The number of hydrogen-bond acceptors (Lipinski definition) is 2. The quantitative estimate of drug-likeness (QED) is 0.733. The Morgan fingerprint density at radius 1 is 1.17 bits per heavy atom. The summed E-state index contributed by atoms with van der Waals surface area (Å²) in [7, 11) is 1.71. The van der Waals surface area contributed by atoms with Crippen molar-refractivity contribution < 1.29 is 4.74 Å². The summed E-state index contributed by atoms with van der Waals surface area (Å²) >= 11 is 6.19. The maximum Gasteiger partial charge on any atom is 0.119 e. The molecule has 1 atom stereocenters. The number of H-pyrrole nitrogens is 1. The molecule has 2 N–H and O–H groups in total. The van der Waals surface area contributed by atoms with Crippen LogP contribution in [0.4, 0.5) is 0 Å². The topological polar surface area (TPSA) is 37.0 Å². The second-order valence-electron chi connectivity index (χ2n) is 6.13. The molecule has 1 aliphatic heterocycles. The fraction of sp³-hybridized carbons (Fsp3) is 0.263. The van der Waals surface area contributed by atoms with E-state index in [2.05, 4.69) is 47.6 Å². The Morgan fingerprint density at radius 2 is 2.04 bits per heavy atom. The molecule has 118 valence electrons. The van der Waals surface area contributed by atoms with Gasteiger partial charge in [-0.3, -0.25) is 0 Å². The molecule has 0 radical (unpaired) electrons. The van der Waals surface area contributed by atoms with Crippen LogP contribution in [0.3, 0.4) is 0 Å². The van der Waals surface area contributed by atoms with Gasteiger partial charge in [0, 0.05) is 28.2 Å². The van der Waals surface area contributed by atoms with Gasteiger partial charge in [0.2, 0.25) is 0 Å². The van der Waals surface area contributed by atoms with E-state index in [-0.39, 0.29) is 6.04 Å². The van der Waals surface area contributed by atoms with Crippen molar-refractivity contribution in [1.29, 1.82) is 0 Å². The van der Waals surface area contributed by atoms with Crippen LogP contribution in [-0.2, 0) is 6.42 Å². The largest absolute Gasteiger partial charge is 0.497 e. The lowest BCUT2D eigenvalue weighted by Gasteiger charge is -2.25. The van der Waals surface area contributed by atoms with Crippen LogP contribution in [0, 0.1) is 6.92 Å². The predicted molar refractivity (Wildman–Crippen MR) is 94.6 cm³/mol. The van der Waals surface area contributed by atoms with E-state index in [4.69, 9.17) is 16.3 Å². The Hall–Kier alpha value is -1.97. The number of aryl methyl sites for hydroxylation is 1. The third-order valence-electron chi connectivity index (χ3n) is 4.56. The van der Waals surface area contributed by atoms with Crippen molar-refractivity contribution in [2.45, 2.75) is 19.4 Å². The van der Waals surface area contributed by atoms with Gasteiger partial charge in [-0.2, -0.15) is 0 Å². The summed E-state index contributed by atoms with van der Waals surface area (Å²) in [5.41, 5.74) is 6.17. The van der Waals surface area contributed by atoms with Crippen molar-refractivity contribution in [2.24, 2.45) is 0 Å². The van der Waals surface area contributed by atoms with Gasteiger partial charge in [0.1, 0.15) is 5.75 Å². The summed E-state index contributed by atoms with van der Waals surface area (Å²) in [6, 6.07) is 12.6. The average molecular weight is 327 g/mol. The summed E-state index contributed by atoms with van der Waals surface area (Å²) in [5.74, 6) is 0.896. The Labute approximate surface area is 140 Å². The van der Waals surface area contributed by atoms with E-state index in [0.717, 1.165) is 29.3 Å². The molecule has 0 aliphatic carbocycles.